The minimum absolute atomic E-state index is 0.788. The molecule has 0 spiro atoms. The van der Waals surface area contributed by atoms with Gasteiger partial charge in [-0.15, -0.1) is 0 Å². The van der Waals surface area contributed by atoms with Gasteiger partial charge in [-0.1, -0.05) is 44.4 Å². The minimum atomic E-state index is 0.788. The van der Waals surface area contributed by atoms with Crippen molar-refractivity contribution in [3.63, 3.8) is 0 Å². The average Bonchev–Trinajstić information content (AvgIpc) is 2.43. The SMILES string of the molecule is CCCCN(CCCC)CCOc1ccc(C)cc1. The third kappa shape index (κ3) is 7.22. The van der Waals surface area contributed by atoms with Crippen molar-refractivity contribution in [2.75, 3.05) is 26.2 Å². The van der Waals surface area contributed by atoms with Gasteiger partial charge in [-0.25, -0.2) is 0 Å². The molecule has 0 aliphatic heterocycles. The Morgan fingerprint density at radius 3 is 2.00 bits per heavy atom. The fraction of sp³-hybridized carbons (Fsp3) is 0.647. The van der Waals surface area contributed by atoms with Crippen LogP contribution in [0.25, 0.3) is 0 Å². The van der Waals surface area contributed by atoms with Crippen LogP contribution in [0.2, 0.25) is 0 Å². The summed E-state index contributed by atoms with van der Waals surface area (Å²) in [6.45, 7) is 10.8. The number of unbranched alkanes of at least 4 members (excludes halogenated alkanes) is 2. The van der Waals surface area contributed by atoms with E-state index in [1.165, 1.54) is 44.3 Å². The lowest BCUT2D eigenvalue weighted by Crippen LogP contribution is -2.30. The molecule has 1 aromatic rings. The van der Waals surface area contributed by atoms with Crippen molar-refractivity contribution < 1.29 is 4.74 Å². The number of aryl methyl sites for hydroxylation is 1. The van der Waals surface area contributed by atoms with E-state index in [2.05, 4.69) is 49.9 Å². The molecule has 0 N–H and O–H groups in total. The van der Waals surface area contributed by atoms with Crippen molar-refractivity contribution in [2.45, 2.75) is 46.5 Å². The molecule has 0 saturated heterocycles. The summed E-state index contributed by atoms with van der Waals surface area (Å²) in [7, 11) is 0. The Morgan fingerprint density at radius 1 is 0.895 bits per heavy atom. The lowest BCUT2D eigenvalue weighted by Gasteiger charge is -2.22. The first kappa shape index (κ1) is 16.0. The summed E-state index contributed by atoms with van der Waals surface area (Å²) < 4.78 is 5.81. The maximum atomic E-state index is 5.81. The molecule has 0 aliphatic rings. The van der Waals surface area contributed by atoms with Gasteiger partial charge in [0.25, 0.3) is 0 Å². The van der Waals surface area contributed by atoms with Gasteiger partial charge >= 0.3 is 0 Å². The first-order chi connectivity index (χ1) is 9.26. The first-order valence-corrected chi connectivity index (χ1v) is 7.68. The second-order valence-electron chi connectivity index (χ2n) is 5.21. The Hall–Kier alpha value is -1.02. The number of hydrogen-bond acceptors (Lipinski definition) is 2. The molecule has 19 heavy (non-hydrogen) atoms. The molecule has 108 valence electrons. The number of hydrogen-bond donors (Lipinski definition) is 0. The van der Waals surface area contributed by atoms with Crippen molar-refractivity contribution >= 4 is 0 Å². The summed E-state index contributed by atoms with van der Waals surface area (Å²) in [5.74, 6) is 0.983. The Bertz CT molecular complexity index is 313. The first-order valence-electron chi connectivity index (χ1n) is 7.68. The molecule has 0 radical (unpaired) electrons. The van der Waals surface area contributed by atoms with Crippen molar-refractivity contribution in [3.05, 3.63) is 29.8 Å². The lowest BCUT2D eigenvalue weighted by molar-refractivity contribution is 0.204. The molecular weight excluding hydrogens is 234 g/mol. The number of nitrogens with zero attached hydrogens (tertiary/aromatic N) is 1. The van der Waals surface area contributed by atoms with Gasteiger partial charge in [0.1, 0.15) is 12.4 Å². The summed E-state index contributed by atoms with van der Waals surface area (Å²) in [6.07, 6.45) is 5.10. The van der Waals surface area contributed by atoms with Crippen molar-refractivity contribution in [1.29, 1.82) is 0 Å². The van der Waals surface area contributed by atoms with E-state index in [0.29, 0.717) is 0 Å². The van der Waals surface area contributed by atoms with Crippen LogP contribution in [0.15, 0.2) is 24.3 Å². The molecule has 1 rings (SSSR count). The molecule has 0 heterocycles. The van der Waals surface area contributed by atoms with Crippen LogP contribution in [0, 0.1) is 6.92 Å². The fourth-order valence-corrected chi connectivity index (χ4v) is 2.03. The Balaban J connectivity index is 2.27. The van der Waals surface area contributed by atoms with Crippen LogP contribution in [0.4, 0.5) is 0 Å². The highest BCUT2D eigenvalue weighted by Crippen LogP contribution is 2.11. The molecule has 0 unspecified atom stereocenters. The summed E-state index contributed by atoms with van der Waals surface area (Å²) in [5.41, 5.74) is 1.28. The van der Waals surface area contributed by atoms with E-state index in [-0.39, 0.29) is 0 Å². The number of ether oxygens (including phenoxy) is 1. The second kappa shape index (κ2) is 9.85. The van der Waals surface area contributed by atoms with Crippen LogP contribution < -0.4 is 4.74 Å². The largest absolute Gasteiger partial charge is 0.492 e. The summed E-state index contributed by atoms with van der Waals surface area (Å²) in [4.78, 5) is 2.53. The van der Waals surface area contributed by atoms with Gasteiger partial charge in [0, 0.05) is 6.54 Å². The molecule has 0 amide bonds. The van der Waals surface area contributed by atoms with Crippen LogP contribution in [-0.2, 0) is 0 Å². The van der Waals surface area contributed by atoms with E-state index in [9.17, 15) is 0 Å². The van der Waals surface area contributed by atoms with Gasteiger partial charge in [-0.05, 0) is 45.0 Å². The smallest absolute Gasteiger partial charge is 0.119 e. The predicted octanol–water partition coefficient (Wildman–Crippen LogP) is 4.28. The van der Waals surface area contributed by atoms with Crippen molar-refractivity contribution in [2.24, 2.45) is 0 Å². The van der Waals surface area contributed by atoms with E-state index in [1.54, 1.807) is 0 Å². The van der Waals surface area contributed by atoms with E-state index in [1.807, 2.05) is 0 Å². The lowest BCUT2D eigenvalue weighted by atomic mass is 10.2. The van der Waals surface area contributed by atoms with Crippen LogP contribution in [-0.4, -0.2) is 31.1 Å². The molecule has 1 aromatic carbocycles. The summed E-state index contributed by atoms with van der Waals surface area (Å²) in [6, 6.07) is 8.30. The summed E-state index contributed by atoms with van der Waals surface area (Å²) in [5, 5.41) is 0. The average molecular weight is 263 g/mol. The van der Waals surface area contributed by atoms with E-state index >= 15 is 0 Å². The van der Waals surface area contributed by atoms with E-state index < -0.39 is 0 Å². The maximum absolute atomic E-state index is 5.81. The molecule has 0 fully saturated rings. The highest BCUT2D eigenvalue weighted by molar-refractivity contribution is 5.26. The van der Waals surface area contributed by atoms with Gasteiger partial charge in [-0.3, -0.25) is 4.90 Å². The standard InChI is InChI=1S/C17H29NO/c1-4-6-12-18(13-7-5-2)14-15-19-17-10-8-16(3)9-11-17/h8-11H,4-7,12-15H2,1-3H3. The van der Waals surface area contributed by atoms with Gasteiger partial charge in [0.2, 0.25) is 0 Å². The zero-order valence-electron chi connectivity index (χ0n) is 12.8. The van der Waals surface area contributed by atoms with Crippen molar-refractivity contribution in [1.82, 2.24) is 4.90 Å². The van der Waals surface area contributed by atoms with Crippen LogP contribution >= 0.6 is 0 Å². The minimum Gasteiger partial charge on any atom is -0.492 e. The summed E-state index contributed by atoms with van der Waals surface area (Å²) >= 11 is 0. The molecular formula is C17H29NO. The highest BCUT2D eigenvalue weighted by atomic mass is 16.5. The second-order valence-corrected chi connectivity index (χ2v) is 5.21. The van der Waals surface area contributed by atoms with Gasteiger partial charge < -0.3 is 4.74 Å². The predicted molar refractivity (Wildman–Crippen MR) is 82.9 cm³/mol. The monoisotopic (exact) mass is 263 g/mol. The quantitative estimate of drug-likeness (QED) is 0.625. The Labute approximate surface area is 118 Å². The Kier molecular flexibility index (Phi) is 8.31. The molecule has 2 nitrogen and oxygen atoms in total. The van der Waals surface area contributed by atoms with Crippen LogP contribution in [0.3, 0.4) is 0 Å². The van der Waals surface area contributed by atoms with Gasteiger partial charge in [-0.2, -0.15) is 0 Å². The highest BCUT2D eigenvalue weighted by Gasteiger charge is 2.04. The molecule has 0 saturated carbocycles. The normalized spacial score (nSPS) is 10.9. The number of rotatable bonds is 10. The molecule has 0 aliphatic carbocycles. The van der Waals surface area contributed by atoms with E-state index in [0.717, 1.165) is 18.9 Å². The topological polar surface area (TPSA) is 12.5 Å². The van der Waals surface area contributed by atoms with Gasteiger partial charge in [0.05, 0.1) is 0 Å². The third-order valence-electron chi connectivity index (χ3n) is 3.35. The third-order valence-corrected chi connectivity index (χ3v) is 3.35. The molecule has 2 heteroatoms. The Morgan fingerprint density at radius 2 is 1.47 bits per heavy atom. The molecule has 0 atom stereocenters. The zero-order valence-corrected chi connectivity index (χ0v) is 12.8. The van der Waals surface area contributed by atoms with Gasteiger partial charge in [0.15, 0.2) is 0 Å². The maximum Gasteiger partial charge on any atom is 0.119 e. The zero-order chi connectivity index (χ0) is 13.9. The fourth-order valence-electron chi connectivity index (χ4n) is 2.03. The molecule has 0 bridgehead atoms. The van der Waals surface area contributed by atoms with Crippen LogP contribution in [0.1, 0.15) is 45.1 Å². The van der Waals surface area contributed by atoms with Crippen molar-refractivity contribution in [3.8, 4) is 5.75 Å². The van der Waals surface area contributed by atoms with Crippen LogP contribution in [0.5, 0.6) is 5.75 Å². The van der Waals surface area contributed by atoms with E-state index in [4.69, 9.17) is 4.74 Å². The number of benzene rings is 1. The molecule has 0 aromatic heterocycles.